The summed E-state index contributed by atoms with van der Waals surface area (Å²) in [6.07, 6.45) is 1.73. The lowest BCUT2D eigenvalue weighted by atomic mass is 10.3. The number of aliphatic hydroxyl groups is 1. The van der Waals surface area contributed by atoms with Crippen LogP contribution in [0.25, 0.3) is 0 Å². The average Bonchev–Trinajstić information content (AvgIpc) is 3.23. The monoisotopic (exact) mass is 371 g/mol. The van der Waals surface area contributed by atoms with Gasteiger partial charge in [0.05, 0.1) is 23.8 Å². The van der Waals surface area contributed by atoms with E-state index in [0.29, 0.717) is 30.0 Å². The highest BCUT2D eigenvalue weighted by atomic mass is 35.5. The summed E-state index contributed by atoms with van der Waals surface area (Å²) >= 11 is 7.25. The molecule has 2 rings (SSSR count). The molecule has 2 aromatic heterocycles. The van der Waals surface area contributed by atoms with Crippen LogP contribution in [0.4, 0.5) is 0 Å². The molecular weight excluding hydrogens is 350 g/mol. The number of rotatable bonds is 9. The maximum Gasteiger partial charge on any atom is 0.191 e. The van der Waals surface area contributed by atoms with Crippen LogP contribution in [0.1, 0.15) is 16.7 Å². The largest absolute Gasteiger partial charge is 0.469 e. The highest BCUT2D eigenvalue weighted by molar-refractivity contribution is 7.16. The quantitative estimate of drug-likeness (QED) is 0.358. The van der Waals surface area contributed by atoms with Gasteiger partial charge in [-0.25, -0.2) is 0 Å². The van der Waals surface area contributed by atoms with Crippen molar-refractivity contribution in [2.45, 2.75) is 12.5 Å². The average molecular weight is 372 g/mol. The van der Waals surface area contributed by atoms with Gasteiger partial charge in [0.15, 0.2) is 5.96 Å². The molecule has 0 radical (unpaired) electrons. The standard InChI is InChI=1S/C16H22ClN3O3S/c1-22-10-8-19-16(18-7-6-12-3-2-9-23-12)20-11-13(21)14-4-5-15(17)24-14/h2-5,9,13,21H,6-8,10-11H2,1H3,(H2,18,19,20). The number of furan rings is 1. The van der Waals surface area contributed by atoms with Crippen LogP contribution in [0.3, 0.4) is 0 Å². The molecule has 6 nitrogen and oxygen atoms in total. The van der Waals surface area contributed by atoms with Gasteiger partial charge < -0.3 is 24.9 Å². The zero-order chi connectivity index (χ0) is 17.2. The summed E-state index contributed by atoms with van der Waals surface area (Å²) in [5.41, 5.74) is 0. The van der Waals surface area contributed by atoms with Gasteiger partial charge in [-0.05, 0) is 24.3 Å². The molecule has 0 aliphatic carbocycles. The van der Waals surface area contributed by atoms with Gasteiger partial charge >= 0.3 is 0 Å². The third-order valence-electron chi connectivity index (χ3n) is 3.19. The predicted octanol–water partition coefficient (Wildman–Crippen LogP) is 2.45. The van der Waals surface area contributed by atoms with Crippen molar-refractivity contribution in [1.29, 1.82) is 0 Å². The van der Waals surface area contributed by atoms with Crippen molar-refractivity contribution in [3.05, 3.63) is 45.5 Å². The van der Waals surface area contributed by atoms with Gasteiger partial charge in [-0.2, -0.15) is 0 Å². The maximum absolute atomic E-state index is 10.2. The Balaban J connectivity index is 1.85. The smallest absolute Gasteiger partial charge is 0.191 e. The van der Waals surface area contributed by atoms with Crippen molar-refractivity contribution in [3.63, 3.8) is 0 Å². The first-order valence-corrected chi connectivity index (χ1v) is 8.85. The van der Waals surface area contributed by atoms with Crippen LogP contribution < -0.4 is 10.6 Å². The number of ether oxygens (including phenoxy) is 1. The summed E-state index contributed by atoms with van der Waals surface area (Å²) < 4.78 is 11.0. The Kier molecular flexibility index (Phi) is 8.11. The third kappa shape index (κ3) is 6.52. The van der Waals surface area contributed by atoms with Crippen LogP contribution in [0, 0.1) is 0 Å². The fourth-order valence-corrected chi connectivity index (χ4v) is 3.02. The number of aliphatic imine (C=N–C) groups is 1. The van der Waals surface area contributed by atoms with E-state index in [1.165, 1.54) is 11.3 Å². The van der Waals surface area contributed by atoms with Gasteiger partial charge in [0.2, 0.25) is 0 Å². The lowest BCUT2D eigenvalue weighted by molar-refractivity contribution is 0.190. The van der Waals surface area contributed by atoms with Crippen LogP contribution in [-0.2, 0) is 11.2 Å². The normalized spacial score (nSPS) is 13.0. The molecule has 0 saturated heterocycles. The first kappa shape index (κ1) is 18.8. The SMILES string of the molecule is COCCNC(=NCC(O)c1ccc(Cl)s1)NCCc1ccco1. The van der Waals surface area contributed by atoms with Crippen molar-refractivity contribution in [2.75, 3.05) is 33.4 Å². The third-order valence-corrected chi connectivity index (χ3v) is 4.52. The number of guanidine groups is 1. The van der Waals surface area contributed by atoms with E-state index in [1.807, 2.05) is 18.2 Å². The molecule has 24 heavy (non-hydrogen) atoms. The summed E-state index contributed by atoms with van der Waals surface area (Å²) in [6.45, 7) is 2.12. The van der Waals surface area contributed by atoms with Crippen molar-refractivity contribution < 1.29 is 14.3 Å². The van der Waals surface area contributed by atoms with Crippen LogP contribution in [-0.4, -0.2) is 44.4 Å². The molecule has 132 valence electrons. The van der Waals surface area contributed by atoms with Crippen LogP contribution >= 0.6 is 22.9 Å². The van der Waals surface area contributed by atoms with Gasteiger partial charge in [0, 0.05) is 31.5 Å². The second-order valence-corrected chi connectivity index (χ2v) is 6.77. The lowest BCUT2D eigenvalue weighted by Crippen LogP contribution is -2.40. The van der Waals surface area contributed by atoms with Crippen LogP contribution in [0.15, 0.2) is 39.9 Å². The molecule has 8 heteroatoms. The van der Waals surface area contributed by atoms with Gasteiger partial charge in [-0.1, -0.05) is 11.6 Å². The van der Waals surface area contributed by atoms with Crippen molar-refractivity contribution in [2.24, 2.45) is 4.99 Å². The molecule has 0 aliphatic heterocycles. The van der Waals surface area contributed by atoms with E-state index < -0.39 is 6.10 Å². The first-order chi connectivity index (χ1) is 11.7. The lowest BCUT2D eigenvalue weighted by Gasteiger charge is -2.13. The topological polar surface area (TPSA) is 79.0 Å². The zero-order valence-electron chi connectivity index (χ0n) is 13.5. The minimum Gasteiger partial charge on any atom is -0.469 e. The van der Waals surface area contributed by atoms with Crippen LogP contribution in [0.2, 0.25) is 4.34 Å². The van der Waals surface area contributed by atoms with Gasteiger partial charge in [0.1, 0.15) is 11.9 Å². The minimum atomic E-state index is -0.673. The first-order valence-electron chi connectivity index (χ1n) is 7.66. The van der Waals surface area contributed by atoms with E-state index in [2.05, 4.69) is 15.6 Å². The molecule has 0 aliphatic rings. The number of methoxy groups -OCH3 is 1. The van der Waals surface area contributed by atoms with Crippen molar-refractivity contribution >= 4 is 28.9 Å². The number of aliphatic hydroxyl groups excluding tert-OH is 1. The van der Waals surface area contributed by atoms with Crippen molar-refractivity contribution in [1.82, 2.24) is 10.6 Å². The zero-order valence-corrected chi connectivity index (χ0v) is 15.1. The molecule has 3 N–H and O–H groups in total. The Morgan fingerprint density at radius 1 is 1.38 bits per heavy atom. The molecule has 1 atom stereocenters. The molecule has 0 amide bonds. The van der Waals surface area contributed by atoms with Gasteiger partial charge in [-0.15, -0.1) is 11.3 Å². The summed E-state index contributed by atoms with van der Waals surface area (Å²) in [5.74, 6) is 1.53. The molecule has 0 spiro atoms. The molecule has 0 saturated carbocycles. The van der Waals surface area contributed by atoms with E-state index in [-0.39, 0.29) is 6.54 Å². The fourth-order valence-electron chi connectivity index (χ4n) is 1.98. The van der Waals surface area contributed by atoms with E-state index >= 15 is 0 Å². The molecule has 0 bridgehead atoms. The molecule has 0 aromatic carbocycles. The second-order valence-electron chi connectivity index (χ2n) is 5.02. The Morgan fingerprint density at radius 2 is 2.21 bits per heavy atom. The maximum atomic E-state index is 10.2. The number of hydrogen-bond acceptors (Lipinski definition) is 5. The number of thiophene rings is 1. The Morgan fingerprint density at radius 3 is 2.88 bits per heavy atom. The summed E-state index contributed by atoms with van der Waals surface area (Å²) in [6, 6.07) is 7.38. The summed E-state index contributed by atoms with van der Waals surface area (Å²) in [7, 11) is 1.65. The van der Waals surface area contributed by atoms with E-state index in [1.54, 1.807) is 19.4 Å². The van der Waals surface area contributed by atoms with E-state index in [0.717, 1.165) is 17.1 Å². The minimum absolute atomic E-state index is 0.250. The molecule has 0 fully saturated rings. The summed E-state index contributed by atoms with van der Waals surface area (Å²) in [4.78, 5) is 5.22. The van der Waals surface area contributed by atoms with E-state index in [9.17, 15) is 5.11 Å². The second kappa shape index (κ2) is 10.4. The Bertz CT molecular complexity index is 616. The highest BCUT2D eigenvalue weighted by Crippen LogP contribution is 2.26. The van der Waals surface area contributed by atoms with E-state index in [4.69, 9.17) is 20.8 Å². The van der Waals surface area contributed by atoms with Gasteiger partial charge in [-0.3, -0.25) is 4.99 Å². The Hall–Kier alpha value is -1.54. The predicted molar refractivity (Wildman–Crippen MR) is 96.9 cm³/mol. The van der Waals surface area contributed by atoms with Crippen molar-refractivity contribution in [3.8, 4) is 0 Å². The molecule has 2 aromatic rings. The molecule has 1 unspecified atom stereocenters. The highest BCUT2D eigenvalue weighted by Gasteiger charge is 2.10. The fraction of sp³-hybridized carbons (Fsp3) is 0.438. The Labute approximate surface area is 150 Å². The number of nitrogens with zero attached hydrogens (tertiary/aromatic N) is 1. The number of halogens is 1. The number of nitrogens with one attached hydrogen (secondary N) is 2. The van der Waals surface area contributed by atoms with Gasteiger partial charge in [0.25, 0.3) is 0 Å². The summed E-state index contributed by atoms with van der Waals surface area (Å²) in [5, 5.41) is 16.6. The number of hydrogen-bond donors (Lipinski definition) is 3. The molecular formula is C16H22ClN3O3S. The molecule has 2 heterocycles. The van der Waals surface area contributed by atoms with Crippen LogP contribution in [0.5, 0.6) is 0 Å².